The number of carboxylic acids is 1. The fraction of sp³-hybridized carbons (Fsp3) is 0.200. The fourth-order valence-electron chi connectivity index (χ4n) is 2.03. The highest BCUT2D eigenvalue weighted by atomic mass is 16.4. The first-order valence-corrected chi connectivity index (χ1v) is 6.08. The van der Waals surface area contributed by atoms with Crippen LogP contribution in [0.1, 0.15) is 22.8 Å². The summed E-state index contributed by atoms with van der Waals surface area (Å²) in [6.45, 7) is 4.25. The van der Waals surface area contributed by atoms with Crippen LogP contribution < -0.4 is 5.56 Å². The van der Waals surface area contributed by atoms with Crippen LogP contribution >= 0.6 is 0 Å². The van der Waals surface area contributed by atoms with Crippen molar-refractivity contribution >= 4 is 5.97 Å². The van der Waals surface area contributed by atoms with Gasteiger partial charge < -0.3 is 9.67 Å². The first-order chi connectivity index (χ1) is 9.04. The van der Waals surface area contributed by atoms with E-state index in [0.29, 0.717) is 6.54 Å². The molecule has 1 aromatic heterocycles. The van der Waals surface area contributed by atoms with Gasteiger partial charge in [-0.05, 0) is 31.5 Å². The van der Waals surface area contributed by atoms with E-state index in [1.807, 2.05) is 38.1 Å². The van der Waals surface area contributed by atoms with Gasteiger partial charge in [-0.1, -0.05) is 29.8 Å². The highest BCUT2D eigenvalue weighted by Crippen LogP contribution is 2.19. The molecule has 1 N–H and O–H groups in total. The minimum Gasteiger partial charge on any atom is -0.477 e. The topological polar surface area (TPSA) is 59.3 Å². The van der Waals surface area contributed by atoms with Gasteiger partial charge in [0, 0.05) is 6.54 Å². The lowest BCUT2D eigenvalue weighted by molar-refractivity contribution is 0.0694. The van der Waals surface area contributed by atoms with Crippen molar-refractivity contribution in [3.05, 3.63) is 57.9 Å². The fourth-order valence-corrected chi connectivity index (χ4v) is 2.03. The quantitative estimate of drug-likeness (QED) is 0.919. The third-order valence-corrected chi connectivity index (χ3v) is 3.07. The minimum atomic E-state index is -1.19. The molecule has 0 saturated carbocycles. The van der Waals surface area contributed by atoms with Crippen LogP contribution in [0.4, 0.5) is 0 Å². The molecule has 0 aliphatic heterocycles. The Morgan fingerprint density at radius 1 is 1.16 bits per heavy atom. The van der Waals surface area contributed by atoms with Gasteiger partial charge in [-0.3, -0.25) is 4.79 Å². The average molecular weight is 257 g/mol. The maximum Gasteiger partial charge on any atom is 0.341 e. The normalized spacial score (nSPS) is 10.4. The number of hydrogen-bond donors (Lipinski definition) is 1. The van der Waals surface area contributed by atoms with E-state index in [2.05, 4.69) is 0 Å². The van der Waals surface area contributed by atoms with Crippen LogP contribution in [-0.4, -0.2) is 15.6 Å². The first kappa shape index (κ1) is 13.1. The van der Waals surface area contributed by atoms with Gasteiger partial charge in [0.05, 0.1) is 5.69 Å². The van der Waals surface area contributed by atoms with Crippen molar-refractivity contribution in [2.45, 2.75) is 20.4 Å². The maximum atomic E-state index is 12.1. The molecule has 0 unspecified atom stereocenters. The Balaban J connectivity index is 2.65. The van der Waals surface area contributed by atoms with Crippen molar-refractivity contribution in [1.29, 1.82) is 0 Å². The van der Waals surface area contributed by atoms with E-state index in [4.69, 9.17) is 5.11 Å². The second kappa shape index (κ2) is 5.10. The molecule has 2 aromatic rings. The number of carboxylic acid groups (broad SMARTS) is 1. The van der Waals surface area contributed by atoms with Crippen molar-refractivity contribution in [3.63, 3.8) is 0 Å². The molecule has 0 bridgehead atoms. The summed E-state index contributed by atoms with van der Waals surface area (Å²) in [4.78, 5) is 23.1. The van der Waals surface area contributed by atoms with Crippen LogP contribution in [0, 0.1) is 6.92 Å². The number of aromatic carboxylic acids is 1. The van der Waals surface area contributed by atoms with Gasteiger partial charge in [0.15, 0.2) is 0 Å². The summed E-state index contributed by atoms with van der Waals surface area (Å²) in [6.07, 6.45) is 0. The number of hydrogen-bond acceptors (Lipinski definition) is 2. The smallest absolute Gasteiger partial charge is 0.341 e. The lowest BCUT2D eigenvalue weighted by Crippen LogP contribution is -2.26. The van der Waals surface area contributed by atoms with Crippen molar-refractivity contribution in [1.82, 2.24) is 4.57 Å². The van der Waals surface area contributed by atoms with Crippen LogP contribution in [-0.2, 0) is 6.54 Å². The third kappa shape index (κ3) is 2.42. The molecular formula is C15H15NO3. The Bertz CT molecular complexity index is 669. The lowest BCUT2D eigenvalue weighted by Gasteiger charge is -2.12. The Morgan fingerprint density at radius 3 is 2.32 bits per heavy atom. The zero-order valence-corrected chi connectivity index (χ0v) is 10.9. The highest BCUT2D eigenvalue weighted by Gasteiger charge is 2.13. The van der Waals surface area contributed by atoms with Crippen molar-refractivity contribution in [2.75, 3.05) is 0 Å². The molecule has 0 fully saturated rings. The van der Waals surface area contributed by atoms with Gasteiger partial charge in [0.25, 0.3) is 5.56 Å². The van der Waals surface area contributed by atoms with Gasteiger partial charge >= 0.3 is 5.97 Å². The van der Waals surface area contributed by atoms with Crippen molar-refractivity contribution in [2.24, 2.45) is 0 Å². The summed E-state index contributed by atoms with van der Waals surface area (Å²) in [6, 6.07) is 10.8. The number of pyridine rings is 1. The Labute approximate surface area is 110 Å². The molecule has 0 atom stereocenters. The molecule has 4 nitrogen and oxygen atoms in total. The van der Waals surface area contributed by atoms with Gasteiger partial charge in [0.2, 0.25) is 0 Å². The lowest BCUT2D eigenvalue weighted by atomic mass is 10.1. The summed E-state index contributed by atoms with van der Waals surface area (Å²) in [5.74, 6) is -1.19. The minimum absolute atomic E-state index is 0.197. The maximum absolute atomic E-state index is 12.1. The van der Waals surface area contributed by atoms with Crippen LogP contribution in [0.25, 0.3) is 11.3 Å². The summed E-state index contributed by atoms with van der Waals surface area (Å²) in [7, 11) is 0. The number of benzene rings is 1. The Morgan fingerprint density at radius 2 is 1.79 bits per heavy atom. The largest absolute Gasteiger partial charge is 0.477 e. The van der Waals surface area contributed by atoms with E-state index in [1.54, 1.807) is 6.07 Å². The van der Waals surface area contributed by atoms with E-state index in [0.717, 1.165) is 16.8 Å². The predicted octanol–water partition coefficient (Wildman–Crippen LogP) is 2.54. The molecule has 98 valence electrons. The van der Waals surface area contributed by atoms with Crippen molar-refractivity contribution in [3.8, 4) is 11.3 Å². The molecule has 0 aliphatic carbocycles. The molecule has 0 spiro atoms. The summed E-state index contributed by atoms with van der Waals surface area (Å²) in [5.41, 5.74) is 2.11. The van der Waals surface area contributed by atoms with Crippen LogP contribution in [0.3, 0.4) is 0 Å². The zero-order valence-electron chi connectivity index (χ0n) is 10.9. The Kier molecular flexibility index (Phi) is 3.51. The molecule has 0 saturated heterocycles. The van der Waals surface area contributed by atoms with Crippen LogP contribution in [0.5, 0.6) is 0 Å². The summed E-state index contributed by atoms with van der Waals surface area (Å²) >= 11 is 0. The van der Waals surface area contributed by atoms with Gasteiger partial charge in [-0.2, -0.15) is 0 Å². The molecule has 0 aliphatic rings. The summed E-state index contributed by atoms with van der Waals surface area (Å²) < 4.78 is 1.48. The second-order valence-electron chi connectivity index (χ2n) is 4.35. The summed E-state index contributed by atoms with van der Waals surface area (Å²) in [5, 5.41) is 8.97. The standard InChI is InChI=1S/C15H15NO3/c1-3-16-13(11-6-4-10(2)5-7-11)9-8-12(14(16)17)15(18)19/h4-9H,3H2,1-2H3,(H,18,19). The molecule has 4 heteroatoms. The van der Waals surface area contributed by atoms with Crippen molar-refractivity contribution < 1.29 is 9.90 Å². The van der Waals surface area contributed by atoms with E-state index < -0.39 is 11.5 Å². The van der Waals surface area contributed by atoms with Gasteiger partial charge in [0.1, 0.15) is 5.56 Å². The average Bonchev–Trinajstić information content (AvgIpc) is 2.38. The molecule has 0 radical (unpaired) electrons. The molecule has 1 heterocycles. The number of rotatable bonds is 3. The van der Waals surface area contributed by atoms with E-state index in [-0.39, 0.29) is 5.56 Å². The monoisotopic (exact) mass is 257 g/mol. The van der Waals surface area contributed by atoms with Gasteiger partial charge in [-0.15, -0.1) is 0 Å². The van der Waals surface area contributed by atoms with E-state index in [1.165, 1.54) is 10.6 Å². The molecule has 2 rings (SSSR count). The van der Waals surface area contributed by atoms with E-state index >= 15 is 0 Å². The predicted molar refractivity (Wildman–Crippen MR) is 73.5 cm³/mol. The molecule has 1 aromatic carbocycles. The number of nitrogens with zero attached hydrogens (tertiary/aromatic N) is 1. The molecule has 19 heavy (non-hydrogen) atoms. The van der Waals surface area contributed by atoms with E-state index in [9.17, 15) is 9.59 Å². The van der Waals surface area contributed by atoms with Crippen LogP contribution in [0.2, 0.25) is 0 Å². The van der Waals surface area contributed by atoms with Crippen LogP contribution in [0.15, 0.2) is 41.2 Å². The number of carbonyl (C=O) groups is 1. The highest BCUT2D eigenvalue weighted by molar-refractivity contribution is 5.87. The Hall–Kier alpha value is -2.36. The molecule has 0 amide bonds. The zero-order chi connectivity index (χ0) is 14.0. The molecular weight excluding hydrogens is 242 g/mol. The number of aryl methyl sites for hydroxylation is 1. The van der Waals surface area contributed by atoms with Gasteiger partial charge in [-0.25, -0.2) is 4.79 Å². The first-order valence-electron chi connectivity index (χ1n) is 6.08. The third-order valence-electron chi connectivity index (χ3n) is 3.07. The second-order valence-corrected chi connectivity index (χ2v) is 4.35. The number of aromatic nitrogens is 1. The SMILES string of the molecule is CCn1c(-c2ccc(C)cc2)ccc(C(=O)O)c1=O.